The lowest BCUT2D eigenvalue weighted by Crippen LogP contribution is -2.38. The molecule has 4 rings (SSSR count). The van der Waals surface area contributed by atoms with Gasteiger partial charge in [-0.15, -0.1) is 26.2 Å². The van der Waals surface area contributed by atoms with Gasteiger partial charge in [0.2, 0.25) is 0 Å². The number of aromatic nitrogens is 5. The summed E-state index contributed by atoms with van der Waals surface area (Å²) in [6, 6.07) is 8.67. The normalized spacial score (nSPS) is 22.5. The third-order valence-electron chi connectivity index (χ3n) is 4.46. The average molecular weight is 329 g/mol. The molecule has 3 aromatic rings. The third kappa shape index (κ3) is 2.91. The van der Waals surface area contributed by atoms with E-state index in [2.05, 4.69) is 55.4 Å². The van der Waals surface area contributed by atoms with Gasteiger partial charge < -0.3 is 5.32 Å². The van der Waals surface area contributed by atoms with Crippen molar-refractivity contribution in [2.75, 3.05) is 25.5 Å². The van der Waals surface area contributed by atoms with Crippen LogP contribution in [0.4, 0.5) is 5.82 Å². The van der Waals surface area contributed by atoms with E-state index in [0.717, 1.165) is 18.9 Å². The molecule has 0 radical (unpaired) electrons. The van der Waals surface area contributed by atoms with Gasteiger partial charge in [0.1, 0.15) is 5.82 Å². The van der Waals surface area contributed by atoms with Crippen molar-refractivity contribution in [3.05, 3.63) is 34.5 Å². The summed E-state index contributed by atoms with van der Waals surface area (Å²) in [4.78, 5) is 3.92. The first-order chi connectivity index (χ1) is 11.3. The summed E-state index contributed by atoms with van der Waals surface area (Å²) >= 11 is 1.85. The largest absolute Gasteiger partial charge is 0.368 e. The molecule has 1 saturated heterocycles. The van der Waals surface area contributed by atoms with Crippen molar-refractivity contribution in [3.8, 4) is 0 Å². The number of fused-ring (bicyclic) bond motifs is 1. The maximum Gasteiger partial charge on any atom is 0.200 e. The molecule has 4 heterocycles. The number of anilines is 1. The van der Waals surface area contributed by atoms with E-state index in [9.17, 15) is 0 Å². The van der Waals surface area contributed by atoms with Crippen LogP contribution in [0.25, 0.3) is 5.65 Å². The lowest BCUT2D eigenvalue weighted by molar-refractivity contribution is 0.130. The number of hydrogen-bond donors (Lipinski definition) is 1. The molecule has 120 valence electrons. The molecule has 0 aliphatic carbocycles. The van der Waals surface area contributed by atoms with E-state index in [0.29, 0.717) is 17.6 Å². The quantitative estimate of drug-likeness (QED) is 0.790. The Morgan fingerprint density at radius 3 is 3.17 bits per heavy atom. The lowest BCUT2D eigenvalue weighted by atomic mass is 9.88. The second-order valence-corrected chi connectivity index (χ2v) is 6.95. The number of thiophene rings is 1. The second kappa shape index (κ2) is 6.21. The Morgan fingerprint density at radius 1 is 1.35 bits per heavy atom. The van der Waals surface area contributed by atoms with Crippen molar-refractivity contribution in [2.24, 2.45) is 5.92 Å². The number of hydrogen-bond acceptors (Lipinski definition) is 7. The van der Waals surface area contributed by atoms with Gasteiger partial charge in [0.15, 0.2) is 5.65 Å². The van der Waals surface area contributed by atoms with Gasteiger partial charge in [0.25, 0.3) is 0 Å². The smallest absolute Gasteiger partial charge is 0.200 e. The van der Waals surface area contributed by atoms with Gasteiger partial charge in [-0.3, -0.25) is 4.90 Å². The highest BCUT2D eigenvalue weighted by molar-refractivity contribution is 7.10. The minimum absolute atomic E-state index is 0.480. The Labute approximate surface area is 138 Å². The molecular formula is C15H19N7S. The number of nitrogens with one attached hydrogen (secondary N) is 1. The van der Waals surface area contributed by atoms with Crippen LogP contribution in [-0.4, -0.2) is 50.3 Å². The molecule has 3 aromatic heterocycles. The molecule has 0 spiro atoms. The van der Waals surface area contributed by atoms with Gasteiger partial charge >= 0.3 is 0 Å². The fourth-order valence-corrected chi connectivity index (χ4v) is 4.35. The first-order valence-electron chi connectivity index (χ1n) is 7.84. The maximum atomic E-state index is 4.38. The standard InChI is InChI=1S/C15H19N7S/c1-21-8-2-4-11(15(21)12-5-3-9-23-12)10-16-13-6-7-14-17-19-20-22(14)18-13/h3,5-7,9,11,15H,2,4,8,10H2,1H3,(H,16,18). The first kappa shape index (κ1) is 14.5. The first-order valence-corrected chi connectivity index (χ1v) is 8.72. The molecule has 2 atom stereocenters. The fourth-order valence-electron chi connectivity index (χ4n) is 3.36. The molecule has 0 saturated carbocycles. The van der Waals surface area contributed by atoms with Crippen LogP contribution < -0.4 is 5.32 Å². The van der Waals surface area contributed by atoms with E-state index in [1.807, 2.05) is 23.5 Å². The third-order valence-corrected chi connectivity index (χ3v) is 5.40. The van der Waals surface area contributed by atoms with E-state index >= 15 is 0 Å². The van der Waals surface area contributed by atoms with E-state index in [-0.39, 0.29) is 0 Å². The van der Waals surface area contributed by atoms with Crippen molar-refractivity contribution in [2.45, 2.75) is 18.9 Å². The molecule has 0 aromatic carbocycles. The predicted octanol–water partition coefficient (Wildman–Crippen LogP) is 2.08. The SMILES string of the molecule is CN1CCCC(CNc2ccc3nnnn3n2)C1c1cccs1. The van der Waals surface area contributed by atoms with E-state index in [1.54, 1.807) is 0 Å². The molecular weight excluding hydrogens is 310 g/mol. The zero-order chi connectivity index (χ0) is 15.6. The van der Waals surface area contributed by atoms with Crippen molar-refractivity contribution in [3.63, 3.8) is 0 Å². The van der Waals surface area contributed by atoms with E-state index in [1.165, 1.54) is 22.3 Å². The van der Waals surface area contributed by atoms with Crippen LogP contribution in [0.5, 0.6) is 0 Å². The average Bonchev–Trinajstić information content (AvgIpc) is 3.23. The highest BCUT2D eigenvalue weighted by Crippen LogP contribution is 2.37. The Hall–Kier alpha value is -2.06. The zero-order valence-corrected chi connectivity index (χ0v) is 13.8. The van der Waals surface area contributed by atoms with Gasteiger partial charge in [-0.1, -0.05) is 6.07 Å². The van der Waals surface area contributed by atoms with Crippen LogP contribution in [0.3, 0.4) is 0 Å². The van der Waals surface area contributed by atoms with Crippen LogP contribution >= 0.6 is 11.3 Å². The number of piperidine rings is 1. The highest BCUT2D eigenvalue weighted by atomic mass is 32.1. The number of rotatable bonds is 4. The zero-order valence-electron chi connectivity index (χ0n) is 13.0. The van der Waals surface area contributed by atoms with Crippen LogP contribution in [0.2, 0.25) is 0 Å². The summed E-state index contributed by atoms with van der Waals surface area (Å²) in [7, 11) is 2.22. The van der Waals surface area contributed by atoms with Crippen LogP contribution in [0.1, 0.15) is 23.8 Å². The molecule has 8 heteroatoms. The lowest BCUT2D eigenvalue weighted by Gasteiger charge is -2.38. The van der Waals surface area contributed by atoms with Crippen LogP contribution in [-0.2, 0) is 0 Å². The summed E-state index contributed by atoms with van der Waals surface area (Å²) < 4.78 is 1.45. The predicted molar refractivity (Wildman–Crippen MR) is 89.5 cm³/mol. The molecule has 23 heavy (non-hydrogen) atoms. The topological polar surface area (TPSA) is 71.2 Å². The second-order valence-electron chi connectivity index (χ2n) is 5.97. The monoisotopic (exact) mass is 329 g/mol. The van der Waals surface area contributed by atoms with Gasteiger partial charge in [-0.05, 0) is 66.4 Å². The Bertz CT molecular complexity index is 769. The minimum Gasteiger partial charge on any atom is -0.368 e. The van der Waals surface area contributed by atoms with Gasteiger partial charge in [-0.25, -0.2) is 0 Å². The molecule has 2 unspecified atom stereocenters. The van der Waals surface area contributed by atoms with Gasteiger partial charge in [0.05, 0.1) is 0 Å². The highest BCUT2D eigenvalue weighted by Gasteiger charge is 2.31. The Balaban J connectivity index is 1.49. The summed E-state index contributed by atoms with van der Waals surface area (Å²) in [6.07, 6.45) is 2.47. The van der Waals surface area contributed by atoms with Crippen molar-refractivity contribution < 1.29 is 0 Å². The van der Waals surface area contributed by atoms with Crippen LogP contribution in [0.15, 0.2) is 29.6 Å². The Morgan fingerprint density at radius 2 is 2.30 bits per heavy atom. The van der Waals surface area contributed by atoms with Crippen molar-refractivity contribution in [1.29, 1.82) is 0 Å². The molecule has 1 N–H and O–H groups in total. The fraction of sp³-hybridized carbons (Fsp3) is 0.467. The summed E-state index contributed by atoms with van der Waals surface area (Å²) in [5.74, 6) is 1.38. The van der Waals surface area contributed by atoms with Gasteiger partial charge in [-0.2, -0.15) is 0 Å². The molecule has 1 aliphatic rings. The molecule has 1 fully saturated rings. The van der Waals surface area contributed by atoms with E-state index in [4.69, 9.17) is 0 Å². The number of tetrazole rings is 1. The Kier molecular flexibility index (Phi) is 3.92. The van der Waals surface area contributed by atoms with E-state index < -0.39 is 0 Å². The molecule has 0 amide bonds. The molecule has 0 bridgehead atoms. The summed E-state index contributed by atoms with van der Waals surface area (Å²) in [6.45, 7) is 2.06. The summed E-state index contributed by atoms with van der Waals surface area (Å²) in [5.41, 5.74) is 0.657. The van der Waals surface area contributed by atoms with Crippen molar-refractivity contribution >= 4 is 22.8 Å². The minimum atomic E-state index is 0.480. The summed E-state index contributed by atoms with van der Waals surface area (Å²) in [5, 5.41) is 21.3. The number of nitrogens with zero attached hydrogens (tertiary/aromatic N) is 6. The maximum absolute atomic E-state index is 4.38. The van der Waals surface area contributed by atoms with Crippen molar-refractivity contribution in [1.82, 2.24) is 30.2 Å². The molecule has 1 aliphatic heterocycles. The number of likely N-dealkylation sites (tertiary alicyclic amines) is 1. The molecule has 7 nitrogen and oxygen atoms in total. The van der Waals surface area contributed by atoms with Crippen LogP contribution in [0, 0.1) is 5.92 Å². The van der Waals surface area contributed by atoms with Gasteiger partial charge in [0, 0.05) is 17.5 Å².